The molecule has 0 fully saturated rings. The van der Waals surface area contributed by atoms with Gasteiger partial charge in [0.15, 0.2) is 0 Å². The van der Waals surface area contributed by atoms with Gasteiger partial charge in [-0.1, -0.05) is 18.5 Å². The second-order valence-corrected chi connectivity index (χ2v) is 4.76. The van der Waals surface area contributed by atoms with Crippen molar-refractivity contribution >= 4 is 11.6 Å². The molecule has 0 aromatic carbocycles. The Morgan fingerprint density at radius 3 is 2.72 bits per heavy atom. The molecule has 4 nitrogen and oxygen atoms in total. The fraction of sp³-hybridized carbons (Fsp3) is 0.769. The van der Waals surface area contributed by atoms with E-state index in [1.807, 2.05) is 11.7 Å². The van der Waals surface area contributed by atoms with Crippen molar-refractivity contribution in [2.45, 2.75) is 32.6 Å². The summed E-state index contributed by atoms with van der Waals surface area (Å²) in [5, 5.41) is 8.61. The van der Waals surface area contributed by atoms with Gasteiger partial charge in [0.2, 0.25) is 0 Å². The van der Waals surface area contributed by atoms with E-state index in [-0.39, 0.29) is 0 Å². The van der Waals surface area contributed by atoms with Crippen molar-refractivity contribution in [1.82, 2.24) is 15.1 Å². The van der Waals surface area contributed by atoms with Crippen molar-refractivity contribution in [3.63, 3.8) is 0 Å². The number of methoxy groups -OCH3 is 1. The minimum atomic E-state index is 0.771. The van der Waals surface area contributed by atoms with Gasteiger partial charge in [-0.3, -0.25) is 4.68 Å². The molecular formula is C13H24ClN3O. The average molecular weight is 274 g/mol. The average Bonchev–Trinajstić information content (AvgIpc) is 2.64. The van der Waals surface area contributed by atoms with Gasteiger partial charge in [0, 0.05) is 20.7 Å². The van der Waals surface area contributed by atoms with Gasteiger partial charge in [-0.15, -0.1) is 0 Å². The number of hydrogen-bond acceptors (Lipinski definition) is 3. The number of nitrogens with one attached hydrogen (secondary N) is 1. The molecule has 0 radical (unpaired) electrons. The van der Waals surface area contributed by atoms with Gasteiger partial charge in [-0.05, 0) is 32.2 Å². The van der Waals surface area contributed by atoms with Gasteiger partial charge in [0.05, 0.1) is 23.0 Å². The van der Waals surface area contributed by atoms with Crippen LogP contribution in [0.3, 0.4) is 0 Å². The number of rotatable bonds is 9. The number of nitrogens with zero attached hydrogens (tertiary/aromatic N) is 2. The highest BCUT2D eigenvalue weighted by Crippen LogP contribution is 2.22. The fourth-order valence-corrected chi connectivity index (χ4v) is 2.32. The van der Waals surface area contributed by atoms with E-state index in [1.165, 1.54) is 0 Å². The van der Waals surface area contributed by atoms with Gasteiger partial charge in [-0.25, -0.2) is 0 Å². The summed E-state index contributed by atoms with van der Waals surface area (Å²) < 4.78 is 6.89. The summed E-state index contributed by atoms with van der Waals surface area (Å²) in [6.45, 7) is 4.80. The molecule has 0 spiro atoms. The fourth-order valence-electron chi connectivity index (χ4n) is 1.93. The van der Waals surface area contributed by atoms with Crippen molar-refractivity contribution in [1.29, 1.82) is 0 Å². The van der Waals surface area contributed by atoms with Crippen molar-refractivity contribution in [3.8, 4) is 0 Å². The molecule has 0 saturated carbocycles. The first kappa shape index (κ1) is 15.5. The van der Waals surface area contributed by atoms with Crippen LogP contribution >= 0.6 is 11.6 Å². The Bertz CT molecular complexity index is 352. The summed E-state index contributed by atoms with van der Waals surface area (Å²) in [6.07, 6.45) is 4.16. The number of hydrogen-bond donors (Lipinski definition) is 1. The Balaban J connectivity index is 2.25. The lowest BCUT2D eigenvalue weighted by molar-refractivity contribution is 0.199. The maximum atomic E-state index is 6.30. The monoisotopic (exact) mass is 273 g/mol. The molecule has 18 heavy (non-hydrogen) atoms. The Hall–Kier alpha value is -0.580. The molecule has 0 aliphatic rings. The van der Waals surface area contributed by atoms with E-state index in [9.17, 15) is 0 Å². The molecule has 0 saturated heterocycles. The summed E-state index contributed by atoms with van der Waals surface area (Å²) in [7, 11) is 3.69. The molecule has 1 rings (SSSR count). The van der Waals surface area contributed by atoms with Crippen LogP contribution in [0, 0.1) is 0 Å². The van der Waals surface area contributed by atoms with Crippen molar-refractivity contribution in [2.24, 2.45) is 7.05 Å². The molecular weight excluding hydrogens is 250 g/mol. The minimum absolute atomic E-state index is 0.771. The molecule has 1 aromatic heterocycles. The third-order valence-corrected chi connectivity index (χ3v) is 3.44. The number of unbranched alkanes of at least 4 members (excludes halogenated alkanes) is 1. The summed E-state index contributed by atoms with van der Waals surface area (Å²) in [6, 6.07) is 0. The number of ether oxygens (including phenoxy) is 1. The first-order chi connectivity index (χ1) is 8.70. The smallest absolute Gasteiger partial charge is 0.0849 e. The number of halogens is 1. The van der Waals surface area contributed by atoms with Crippen LogP contribution < -0.4 is 5.32 Å². The van der Waals surface area contributed by atoms with E-state index in [0.717, 1.165) is 61.8 Å². The van der Waals surface area contributed by atoms with Crippen LogP contribution in [0.2, 0.25) is 5.02 Å². The van der Waals surface area contributed by atoms with E-state index in [4.69, 9.17) is 16.3 Å². The van der Waals surface area contributed by atoms with Crippen LogP contribution in [0.25, 0.3) is 0 Å². The van der Waals surface area contributed by atoms with Gasteiger partial charge >= 0.3 is 0 Å². The highest BCUT2D eigenvalue weighted by Gasteiger charge is 2.11. The Morgan fingerprint density at radius 1 is 1.33 bits per heavy atom. The molecule has 0 amide bonds. The molecule has 1 aromatic rings. The lowest BCUT2D eigenvalue weighted by Gasteiger charge is -2.05. The largest absolute Gasteiger partial charge is 0.383 e. The number of aryl methyl sites for hydroxylation is 2. The van der Waals surface area contributed by atoms with E-state index in [2.05, 4.69) is 17.3 Å². The standard InChI is InChI=1S/C13H24ClN3O/c1-4-11-13(14)12(17(2)16-11)7-5-6-8-15-9-10-18-3/h15H,4-10H2,1-3H3. The quantitative estimate of drug-likeness (QED) is 0.701. The highest BCUT2D eigenvalue weighted by atomic mass is 35.5. The normalized spacial score (nSPS) is 11.1. The van der Waals surface area contributed by atoms with Gasteiger partial charge in [0.1, 0.15) is 0 Å². The van der Waals surface area contributed by atoms with E-state index >= 15 is 0 Å². The third-order valence-electron chi connectivity index (χ3n) is 3.00. The SMILES string of the molecule is CCc1nn(C)c(CCCCNCCOC)c1Cl. The van der Waals surface area contributed by atoms with Gasteiger partial charge < -0.3 is 10.1 Å². The molecule has 1 heterocycles. The maximum absolute atomic E-state index is 6.30. The molecule has 104 valence electrons. The van der Waals surface area contributed by atoms with E-state index in [1.54, 1.807) is 7.11 Å². The topological polar surface area (TPSA) is 39.1 Å². The molecule has 0 bridgehead atoms. The second-order valence-electron chi connectivity index (χ2n) is 4.38. The van der Waals surface area contributed by atoms with Crippen LogP contribution in [-0.2, 0) is 24.6 Å². The minimum Gasteiger partial charge on any atom is -0.383 e. The zero-order chi connectivity index (χ0) is 13.4. The van der Waals surface area contributed by atoms with Crippen molar-refractivity contribution in [3.05, 3.63) is 16.4 Å². The van der Waals surface area contributed by atoms with Gasteiger partial charge in [0.25, 0.3) is 0 Å². The Kier molecular flexibility index (Phi) is 7.32. The molecule has 0 unspecified atom stereocenters. The Labute approximate surface area is 115 Å². The molecule has 0 aliphatic carbocycles. The van der Waals surface area contributed by atoms with E-state index in [0.29, 0.717) is 0 Å². The second kappa shape index (κ2) is 8.51. The summed E-state index contributed by atoms with van der Waals surface area (Å²) >= 11 is 6.30. The summed E-state index contributed by atoms with van der Waals surface area (Å²) in [4.78, 5) is 0. The lowest BCUT2D eigenvalue weighted by atomic mass is 10.1. The maximum Gasteiger partial charge on any atom is 0.0849 e. The van der Waals surface area contributed by atoms with Crippen molar-refractivity contribution < 1.29 is 4.74 Å². The molecule has 0 atom stereocenters. The molecule has 1 N–H and O–H groups in total. The zero-order valence-electron chi connectivity index (χ0n) is 11.6. The van der Waals surface area contributed by atoms with Crippen LogP contribution in [0.5, 0.6) is 0 Å². The molecule has 0 aliphatic heterocycles. The lowest BCUT2D eigenvalue weighted by Crippen LogP contribution is -2.20. The summed E-state index contributed by atoms with van der Waals surface area (Å²) in [5.74, 6) is 0. The van der Waals surface area contributed by atoms with E-state index < -0.39 is 0 Å². The predicted molar refractivity (Wildman–Crippen MR) is 75.3 cm³/mol. The van der Waals surface area contributed by atoms with Crippen LogP contribution in [0.1, 0.15) is 31.2 Å². The Morgan fingerprint density at radius 2 is 2.11 bits per heavy atom. The summed E-state index contributed by atoms with van der Waals surface area (Å²) in [5.41, 5.74) is 2.16. The highest BCUT2D eigenvalue weighted by molar-refractivity contribution is 6.31. The first-order valence-electron chi connectivity index (χ1n) is 6.60. The predicted octanol–water partition coefficient (Wildman–Crippen LogP) is 2.19. The molecule has 5 heteroatoms. The number of aromatic nitrogens is 2. The van der Waals surface area contributed by atoms with Crippen LogP contribution in [0.4, 0.5) is 0 Å². The van der Waals surface area contributed by atoms with Crippen LogP contribution in [0.15, 0.2) is 0 Å². The zero-order valence-corrected chi connectivity index (χ0v) is 12.4. The van der Waals surface area contributed by atoms with Crippen molar-refractivity contribution in [2.75, 3.05) is 26.8 Å². The van der Waals surface area contributed by atoms with Crippen LogP contribution in [-0.4, -0.2) is 36.6 Å². The first-order valence-corrected chi connectivity index (χ1v) is 6.98. The third kappa shape index (κ3) is 4.59. The van der Waals surface area contributed by atoms with Gasteiger partial charge in [-0.2, -0.15) is 5.10 Å².